The number of aromatic amines is 1. The van der Waals surface area contributed by atoms with Crippen LogP contribution in [-0.2, 0) is 21.6 Å². The number of rotatable bonds is 4. The Morgan fingerprint density at radius 1 is 1.42 bits per heavy atom. The maximum atomic E-state index is 11.7. The Bertz CT molecular complexity index is 902. The molecule has 1 fully saturated rings. The number of carboxylic acid groups (broad SMARTS) is 1. The van der Waals surface area contributed by atoms with E-state index in [1.807, 2.05) is 19.1 Å². The number of carbonyl (C=O) groups is 1. The van der Waals surface area contributed by atoms with Gasteiger partial charge in [-0.15, -0.1) is 0 Å². The first-order valence-corrected chi connectivity index (χ1v) is 9.44. The zero-order chi connectivity index (χ0) is 18.3. The summed E-state index contributed by atoms with van der Waals surface area (Å²) in [6.07, 6.45) is 6.12. The summed E-state index contributed by atoms with van der Waals surface area (Å²) in [5.74, 6) is -0.338. The Kier molecular flexibility index (Phi) is 4.24. The van der Waals surface area contributed by atoms with Crippen molar-refractivity contribution < 1.29 is 14.6 Å². The lowest BCUT2D eigenvalue weighted by Gasteiger charge is -2.38. The predicted octanol–water partition coefficient (Wildman–Crippen LogP) is 4.17. The van der Waals surface area contributed by atoms with Gasteiger partial charge in [0.25, 0.3) is 0 Å². The van der Waals surface area contributed by atoms with Gasteiger partial charge in [-0.2, -0.15) is 5.26 Å². The molecule has 26 heavy (non-hydrogen) atoms. The third-order valence-corrected chi connectivity index (χ3v) is 6.10. The van der Waals surface area contributed by atoms with Crippen LogP contribution in [-0.4, -0.2) is 22.7 Å². The van der Waals surface area contributed by atoms with Crippen LogP contribution in [0.5, 0.6) is 0 Å². The second-order valence-electron chi connectivity index (χ2n) is 7.79. The molecule has 2 aromatic rings. The lowest BCUT2D eigenvalue weighted by Crippen LogP contribution is -2.39. The molecule has 0 spiro atoms. The van der Waals surface area contributed by atoms with Crippen LogP contribution in [0.3, 0.4) is 0 Å². The molecule has 0 saturated heterocycles. The highest BCUT2D eigenvalue weighted by molar-refractivity contribution is 5.93. The zero-order valence-electron chi connectivity index (χ0n) is 15.1. The molecule has 1 aromatic heterocycles. The van der Waals surface area contributed by atoms with E-state index in [4.69, 9.17) is 4.74 Å². The van der Waals surface area contributed by atoms with Crippen molar-refractivity contribution >= 4 is 16.9 Å². The first kappa shape index (κ1) is 17.1. The predicted molar refractivity (Wildman–Crippen MR) is 97.9 cm³/mol. The molecule has 136 valence electrons. The third kappa shape index (κ3) is 2.69. The molecule has 2 aliphatic rings. The number of hydrogen-bond acceptors (Lipinski definition) is 3. The SMILES string of the molecule is Cc1ccc(C#N)c2c3c([nH]c12)C(CC(=O)O)(CC1CCCC1)OCC3. The van der Waals surface area contributed by atoms with Gasteiger partial charge in [0.1, 0.15) is 5.60 Å². The van der Waals surface area contributed by atoms with E-state index in [1.165, 1.54) is 12.8 Å². The molecule has 5 heteroatoms. The van der Waals surface area contributed by atoms with Gasteiger partial charge < -0.3 is 14.8 Å². The van der Waals surface area contributed by atoms with Crippen molar-refractivity contribution in [3.8, 4) is 6.07 Å². The van der Waals surface area contributed by atoms with Gasteiger partial charge in [0.2, 0.25) is 0 Å². The first-order chi connectivity index (χ1) is 12.5. The van der Waals surface area contributed by atoms with Crippen LogP contribution in [0.1, 0.15) is 60.9 Å². The number of nitrogens with one attached hydrogen (secondary N) is 1. The van der Waals surface area contributed by atoms with Crippen molar-refractivity contribution in [2.24, 2.45) is 5.92 Å². The van der Waals surface area contributed by atoms with Crippen LogP contribution < -0.4 is 0 Å². The number of carboxylic acids is 1. The van der Waals surface area contributed by atoms with Crippen molar-refractivity contribution in [3.05, 3.63) is 34.5 Å². The number of aliphatic carboxylic acids is 1. The van der Waals surface area contributed by atoms with Gasteiger partial charge in [-0.3, -0.25) is 4.79 Å². The molecular weight excluding hydrogens is 328 g/mol. The Morgan fingerprint density at radius 3 is 2.88 bits per heavy atom. The van der Waals surface area contributed by atoms with Crippen LogP contribution >= 0.6 is 0 Å². The highest BCUT2D eigenvalue weighted by Crippen LogP contribution is 2.46. The van der Waals surface area contributed by atoms with Crippen molar-refractivity contribution in [2.45, 2.75) is 57.5 Å². The summed E-state index contributed by atoms with van der Waals surface area (Å²) in [6, 6.07) is 6.10. The average Bonchev–Trinajstić information content (AvgIpc) is 3.24. The normalized spacial score (nSPS) is 23.1. The van der Waals surface area contributed by atoms with E-state index >= 15 is 0 Å². The fraction of sp³-hybridized carbons (Fsp3) is 0.524. The molecule has 1 atom stereocenters. The van der Waals surface area contributed by atoms with E-state index in [0.29, 0.717) is 24.5 Å². The fourth-order valence-electron chi connectivity index (χ4n) is 4.96. The monoisotopic (exact) mass is 352 g/mol. The number of nitrogens with zero attached hydrogens (tertiary/aromatic N) is 1. The van der Waals surface area contributed by atoms with E-state index in [9.17, 15) is 15.2 Å². The summed E-state index contributed by atoms with van der Waals surface area (Å²) in [7, 11) is 0. The van der Waals surface area contributed by atoms with Crippen LogP contribution in [0.25, 0.3) is 10.9 Å². The lowest BCUT2D eigenvalue weighted by molar-refractivity contribution is -0.150. The van der Waals surface area contributed by atoms with Crippen molar-refractivity contribution in [2.75, 3.05) is 6.61 Å². The second kappa shape index (κ2) is 6.44. The fourth-order valence-corrected chi connectivity index (χ4v) is 4.96. The number of aryl methyl sites for hydroxylation is 1. The Hall–Kier alpha value is -2.32. The minimum atomic E-state index is -0.841. The van der Waals surface area contributed by atoms with Crippen LogP contribution in [0.2, 0.25) is 0 Å². The van der Waals surface area contributed by atoms with Crippen LogP contribution in [0.15, 0.2) is 12.1 Å². The minimum Gasteiger partial charge on any atom is -0.481 e. The smallest absolute Gasteiger partial charge is 0.306 e. The molecule has 1 unspecified atom stereocenters. The molecule has 4 rings (SSSR count). The van der Waals surface area contributed by atoms with Gasteiger partial charge in [0, 0.05) is 5.39 Å². The number of benzene rings is 1. The van der Waals surface area contributed by atoms with Crippen LogP contribution in [0, 0.1) is 24.2 Å². The Labute approximate surface area is 153 Å². The van der Waals surface area contributed by atoms with E-state index in [0.717, 1.165) is 47.0 Å². The third-order valence-electron chi connectivity index (χ3n) is 6.10. The highest BCUT2D eigenvalue weighted by Gasteiger charge is 2.44. The standard InChI is InChI=1S/C21H24N2O3/c1-13-6-7-15(12-22)18-16-8-9-26-21(11-17(24)25,20(16)23-19(13)18)10-14-4-2-3-5-14/h6-7,14,23H,2-5,8-11H2,1H3,(H,24,25). The van der Waals surface area contributed by atoms with E-state index < -0.39 is 11.6 Å². The zero-order valence-corrected chi connectivity index (χ0v) is 15.1. The van der Waals surface area contributed by atoms with Crippen molar-refractivity contribution in [1.82, 2.24) is 4.98 Å². The van der Waals surface area contributed by atoms with Gasteiger partial charge in [-0.1, -0.05) is 31.7 Å². The first-order valence-electron chi connectivity index (χ1n) is 9.44. The van der Waals surface area contributed by atoms with Gasteiger partial charge >= 0.3 is 5.97 Å². The molecule has 5 nitrogen and oxygen atoms in total. The molecule has 0 amide bonds. The Morgan fingerprint density at radius 2 is 2.19 bits per heavy atom. The topological polar surface area (TPSA) is 86.1 Å². The van der Waals surface area contributed by atoms with Gasteiger partial charge in [-0.05, 0) is 42.9 Å². The molecular formula is C21H24N2O3. The number of fused-ring (bicyclic) bond motifs is 3. The van der Waals surface area contributed by atoms with Crippen LogP contribution in [0.4, 0.5) is 0 Å². The van der Waals surface area contributed by atoms with Gasteiger partial charge in [-0.25, -0.2) is 0 Å². The molecule has 2 N–H and O–H groups in total. The average molecular weight is 352 g/mol. The number of hydrogen-bond donors (Lipinski definition) is 2. The van der Waals surface area contributed by atoms with E-state index in [1.54, 1.807) is 0 Å². The van der Waals surface area contributed by atoms with Crippen molar-refractivity contribution in [1.29, 1.82) is 5.26 Å². The summed E-state index contributed by atoms with van der Waals surface area (Å²) in [5, 5.41) is 20.1. The number of ether oxygens (including phenoxy) is 1. The summed E-state index contributed by atoms with van der Waals surface area (Å²) in [5.41, 5.74) is 3.81. The number of aromatic nitrogens is 1. The van der Waals surface area contributed by atoms with Crippen molar-refractivity contribution in [3.63, 3.8) is 0 Å². The molecule has 0 bridgehead atoms. The largest absolute Gasteiger partial charge is 0.481 e. The van der Waals surface area contributed by atoms with E-state index in [2.05, 4.69) is 11.1 Å². The number of H-pyrrole nitrogens is 1. The Balaban J connectivity index is 1.91. The minimum absolute atomic E-state index is 0.0374. The number of nitriles is 1. The summed E-state index contributed by atoms with van der Waals surface area (Å²) in [6.45, 7) is 2.51. The molecule has 0 radical (unpaired) electrons. The maximum Gasteiger partial charge on any atom is 0.306 e. The quantitative estimate of drug-likeness (QED) is 0.864. The lowest BCUT2D eigenvalue weighted by atomic mass is 9.80. The molecule has 1 aromatic carbocycles. The maximum absolute atomic E-state index is 11.7. The summed E-state index contributed by atoms with van der Waals surface area (Å²) >= 11 is 0. The second-order valence-corrected chi connectivity index (χ2v) is 7.79. The van der Waals surface area contributed by atoms with Gasteiger partial charge in [0.05, 0.1) is 35.9 Å². The molecule has 1 saturated carbocycles. The summed E-state index contributed by atoms with van der Waals surface area (Å²) < 4.78 is 6.21. The molecule has 1 aliphatic carbocycles. The molecule has 1 aliphatic heterocycles. The van der Waals surface area contributed by atoms with Gasteiger partial charge in [0.15, 0.2) is 0 Å². The highest BCUT2D eigenvalue weighted by atomic mass is 16.5. The summed E-state index contributed by atoms with van der Waals surface area (Å²) in [4.78, 5) is 15.2. The van der Waals surface area contributed by atoms with E-state index in [-0.39, 0.29) is 6.42 Å². The molecule has 2 heterocycles.